The summed E-state index contributed by atoms with van der Waals surface area (Å²) in [6.45, 7) is 7.76. The van der Waals surface area contributed by atoms with Gasteiger partial charge >= 0.3 is 0 Å². The lowest BCUT2D eigenvalue weighted by Crippen LogP contribution is -2.28. The van der Waals surface area contributed by atoms with Crippen LogP contribution in [0.25, 0.3) is 10.9 Å². The molecule has 0 unspecified atom stereocenters. The lowest BCUT2D eigenvalue weighted by molar-refractivity contribution is 0.581. The number of H-pyrrole nitrogens is 1. The van der Waals surface area contributed by atoms with Gasteiger partial charge in [0, 0.05) is 12.1 Å². The van der Waals surface area contributed by atoms with Gasteiger partial charge in [-0.2, -0.15) is 0 Å². The van der Waals surface area contributed by atoms with Gasteiger partial charge in [0.05, 0.1) is 10.4 Å². The van der Waals surface area contributed by atoms with Crippen molar-refractivity contribution in [1.82, 2.24) is 9.71 Å². The molecule has 6 heteroatoms. The summed E-state index contributed by atoms with van der Waals surface area (Å²) < 4.78 is 27.8. The van der Waals surface area contributed by atoms with E-state index in [4.69, 9.17) is 0 Å². The van der Waals surface area contributed by atoms with E-state index < -0.39 is 10.0 Å². The molecular weight excluding hydrogens is 360 g/mol. The summed E-state index contributed by atoms with van der Waals surface area (Å²) in [5.41, 5.74) is 4.93. The number of aromatic amines is 1. The first kappa shape index (κ1) is 19.3. The standard InChI is InChI=1S/C21H24N2O3S/c1-13-5-6-15(3)19(11-13)27(25,26)22-8-7-17-12-18-10-14(2)9-16(4)20(18)23-21(17)24/h5-6,9-12,22H,7-8H2,1-4H3,(H,23,24). The summed E-state index contributed by atoms with van der Waals surface area (Å²) in [4.78, 5) is 15.6. The van der Waals surface area contributed by atoms with E-state index in [1.54, 1.807) is 19.1 Å². The van der Waals surface area contributed by atoms with Gasteiger partial charge in [0.2, 0.25) is 10.0 Å². The van der Waals surface area contributed by atoms with E-state index in [9.17, 15) is 13.2 Å². The minimum Gasteiger partial charge on any atom is -0.321 e. The molecule has 0 aliphatic heterocycles. The molecule has 5 nitrogen and oxygen atoms in total. The molecule has 27 heavy (non-hydrogen) atoms. The van der Waals surface area contributed by atoms with Crippen LogP contribution >= 0.6 is 0 Å². The number of nitrogens with one attached hydrogen (secondary N) is 2. The Morgan fingerprint density at radius 2 is 1.67 bits per heavy atom. The molecule has 0 saturated carbocycles. The lowest BCUT2D eigenvalue weighted by atomic mass is 10.0. The van der Waals surface area contributed by atoms with E-state index in [-0.39, 0.29) is 17.0 Å². The smallest absolute Gasteiger partial charge is 0.251 e. The van der Waals surface area contributed by atoms with E-state index in [0.29, 0.717) is 17.5 Å². The van der Waals surface area contributed by atoms with Crippen molar-refractivity contribution < 1.29 is 8.42 Å². The maximum Gasteiger partial charge on any atom is 0.251 e. The van der Waals surface area contributed by atoms with Crippen molar-refractivity contribution in [2.45, 2.75) is 39.0 Å². The number of hydrogen-bond acceptors (Lipinski definition) is 3. The average molecular weight is 385 g/mol. The monoisotopic (exact) mass is 384 g/mol. The SMILES string of the molecule is Cc1ccc(C)c(S(=O)(=O)NCCc2cc3cc(C)cc(C)c3[nH]c2=O)c1. The van der Waals surface area contributed by atoms with Gasteiger partial charge in [0.25, 0.3) is 5.56 Å². The fraction of sp³-hybridized carbons (Fsp3) is 0.286. The molecule has 2 N–H and O–H groups in total. The normalized spacial score (nSPS) is 11.9. The van der Waals surface area contributed by atoms with Crippen LogP contribution in [0.5, 0.6) is 0 Å². The number of aryl methyl sites for hydroxylation is 4. The highest BCUT2D eigenvalue weighted by Gasteiger charge is 2.16. The quantitative estimate of drug-likeness (QED) is 0.708. The van der Waals surface area contributed by atoms with Crippen molar-refractivity contribution in [1.29, 1.82) is 0 Å². The number of pyridine rings is 1. The predicted octanol–water partition coefficient (Wildman–Crippen LogP) is 3.28. The highest BCUT2D eigenvalue weighted by molar-refractivity contribution is 7.89. The number of rotatable bonds is 5. The second-order valence-electron chi connectivity index (χ2n) is 7.09. The molecule has 0 amide bonds. The van der Waals surface area contributed by atoms with Gasteiger partial charge in [-0.1, -0.05) is 23.8 Å². The van der Waals surface area contributed by atoms with Gasteiger partial charge in [-0.05, 0) is 74.4 Å². The van der Waals surface area contributed by atoms with E-state index in [1.165, 1.54) is 0 Å². The van der Waals surface area contributed by atoms with Gasteiger partial charge in [0.15, 0.2) is 0 Å². The van der Waals surface area contributed by atoms with Crippen molar-refractivity contribution in [3.63, 3.8) is 0 Å². The molecule has 0 spiro atoms. The third kappa shape index (κ3) is 4.12. The van der Waals surface area contributed by atoms with Crippen LogP contribution in [0, 0.1) is 27.7 Å². The van der Waals surface area contributed by atoms with Crippen LogP contribution in [0.2, 0.25) is 0 Å². The van der Waals surface area contributed by atoms with Gasteiger partial charge in [-0.25, -0.2) is 13.1 Å². The van der Waals surface area contributed by atoms with E-state index >= 15 is 0 Å². The number of fused-ring (bicyclic) bond motifs is 1. The largest absolute Gasteiger partial charge is 0.321 e. The summed E-state index contributed by atoms with van der Waals surface area (Å²) in [6.07, 6.45) is 0.322. The van der Waals surface area contributed by atoms with Crippen LogP contribution in [-0.4, -0.2) is 19.9 Å². The topological polar surface area (TPSA) is 79.0 Å². The molecule has 0 bridgehead atoms. The van der Waals surface area contributed by atoms with Crippen molar-refractivity contribution >= 4 is 20.9 Å². The van der Waals surface area contributed by atoms with E-state index in [2.05, 4.69) is 9.71 Å². The zero-order valence-electron chi connectivity index (χ0n) is 16.0. The Balaban J connectivity index is 1.82. The first-order valence-corrected chi connectivity index (χ1v) is 10.4. The van der Waals surface area contributed by atoms with Crippen LogP contribution in [0.3, 0.4) is 0 Å². The maximum atomic E-state index is 12.6. The van der Waals surface area contributed by atoms with Crippen molar-refractivity contribution in [3.8, 4) is 0 Å². The third-order valence-electron chi connectivity index (χ3n) is 4.69. The average Bonchev–Trinajstić information content (AvgIpc) is 2.58. The van der Waals surface area contributed by atoms with Crippen LogP contribution < -0.4 is 10.3 Å². The Bertz CT molecular complexity index is 1180. The van der Waals surface area contributed by atoms with Crippen LogP contribution in [0.1, 0.15) is 27.8 Å². The number of hydrogen-bond donors (Lipinski definition) is 2. The molecule has 0 atom stereocenters. The molecule has 1 aromatic heterocycles. The Morgan fingerprint density at radius 3 is 2.41 bits per heavy atom. The fourth-order valence-electron chi connectivity index (χ4n) is 3.31. The molecular formula is C21H24N2O3S. The highest BCUT2D eigenvalue weighted by atomic mass is 32.2. The first-order chi connectivity index (χ1) is 12.7. The molecule has 0 aliphatic rings. The van der Waals surface area contributed by atoms with Crippen molar-refractivity contribution in [3.05, 3.63) is 74.6 Å². The second-order valence-corrected chi connectivity index (χ2v) is 8.82. The minimum absolute atomic E-state index is 0.162. The summed E-state index contributed by atoms with van der Waals surface area (Å²) in [5.74, 6) is 0. The lowest BCUT2D eigenvalue weighted by Gasteiger charge is -2.11. The molecule has 2 aromatic carbocycles. The molecule has 0 aliphatic carbocycles. The van der Waals surface area contributed by atoms with E-state index in [0.717, 1.165) is 27.6 Å². The summed E-state index contributed by atoms with van der Waals surface area (Å²) in [7, 11) is -3.61. The molecule has 3 rings (SSSR count). The predicted molar refractivity (Wildman–Crippen MR) is 109 cm³/mol. The Kier molecular flexibility index (Phi) is 5.22. The molecule has 0 saturated heterocycles. The van der Waals surface area contributed by atoms with E-state index in [1.807, 2.05) is 45.0 Å². The first-order valence-electron chi connectivity index (χ1n) is 8.87. The number of benzene rings is 2. The minimum atomic E-state index is -3.61. The number of sulfonamides is 1. The Hall–Kier alpha value is -2.44. The summed E-state index contributed by atoms with van der Waals surface area (Å²) >= 11 is 0. The van der Waals surface area contributed by atoms with Gasteiger partial charge in [-0.15, -0.1) is 0 Å². The molecule has 0 fully saturated rings. The molecule has 1 heterocycles. The van der Waals surface area contributed by atoms with Gasteiger partial charge in [0.1, 0.15) is 0 Å². The summed E-state index contributed by atoms with van der Waals surface area (Å²) in [5, 5.41) is 0.958. The summed E-state index contributed by atoms with van der Waals surface area (Å²) in [6, 6.07) is 11.2. The highest BCUT2D eigenvalue weighted by Crippen LogP contribution is 2.19. The van der Waals surface area contributed by atoms with Gasteiger partial charge < -0.3 is 4.98 Å². The van der Waals surface area contributed by atoms with Crippen molar-refractivity contribution in [2.24, 2.45) is 0 Å². The Morgan fingerprint density at radius 1 is 0.926 bits per heavy atom. The van der Waals surface area contributed by atoms with Crippen LogP contribution in [0.4, 0.5) is 0 Å². The number of aromatic nitrogens is 1. The maximum absolute atomic E-state index is 12.6. The molecule has 0 radical (unpaired) electrons. The van der Waals surface area contributed by atoms with Crippen LogP contribution in [0.15, 0.2) is 46.1 Å². The molecule has 3 aromatic rings. The molecule has 142 valence electrons. The van der Waals surface area contributed by atoms with Crippen LogP contribution in [-0.2, 0) is 16.4 Å². The fourth-order valence-corrected chi connectivity index (χ4v) is 4.67. The van der Waals surface area contributed by atoms with Crippen molar-refractivity contribution in [2.75, 3.05) is 6.54 Å². The zero-order valence-corrected chi connectivity index (χ0v) is 16.8. The van der Waals surface area contributed by atoms with Gasteiger partial charge in [-0.3, -0.25) is 4.79 Å². The third-order valence-corrected chi connectivity index (χ3v) is 6.29. The Labute approximate surface area is 159 Å². The second kappa shape index (κ2) is 7.29. The zero-order chi connectivity index (χ0) is 19.8.